The maximum atomic E-state index is 14.1. The Morgan fingerprint density at radius 3 is 2.12 bits per heavy atom. The molecule has 2 heterocycles. The van der Waals surface area contributed by atoms with Gasteiger partial charge in [-0.3, -0.25) is 0 Å². The van der Waals surface area contributed by atoms with Crippen molar-refractivity contribution in [3.8, 4) is 0 Å². The van der Waals surface area contributed by atoms with Gasteiger partial charge in [0.05, 0.1) is 10.9 Å². The van der Waals surface area contributed by atoms with E-state index in [-0.39, 0.29) is 31.0 Å². The molecule has 0 spiro atoms. The highest BCUT2D eigenvalue weighted by Crippen LogP contribution is 2.34. The van der Waals surface area contributed by atoms with E-state index in [0.29, 0.717) is 22.8 Å². The third-order valence-corrected chi connectivity index (χ3v) is 8.90. The lowest BCUT2D eigenvalue weighted by Crippen LogP contribution is -2.40. The fourth-order valence-corrected chi connectivity index (χ4v) is 6.77. The smallest absolute Gasteiger partial charge is 0.200 e. The molecular formula is C21H15ClF6N2O2S2. The number of nitrogens with zero attached hydrogens (tertiary/aromatic N) is 2. The Balaban J connectivity index is 1.48. The summed E-state index contributed by atoms with van der Waals surface area (Å²) in [7, 11) is -4.82. The molecule has 0 amide bonds. The first kappa shape index (κ1) is 24.8. The van der Waals surface area contributed by atoms with Crippen LogP contribution in [0.5, 0.6) is 0 Å². The Hall–Kier alpha value is -2.31. The number of halogens is 7. The Morgan fingerprint density at radius 2 is 1.53 bits per heavy atom. The number of thiazole rings is 1. The predicted octanol–water partition coefficient (Wildman–Crippen LogP) is 5.66. The fraction of sp³-hybridized carbons (Fsp3) is 0.286. The fourth-order valence-electron chi connectivity index (χ4n) is 3.80. The van der Waals surface area contributed by atoms with Gasteiger partial charge in [0, 0.05) is 29.9 Å². The van der Waals surface area contributed by atoms with E-state index in [4.69, 9.17) is 11.6 Å². The van der Waals surface area contributed by atoms with Gasteiger partial charge in [-0.2, -0.15) is 0 Å². The van der Waals surface area contributed by atoms with Crippen LogP contribution in [0.2, 0.25) is 5.02 Å². The molecule has 0 bridgehead atoms. The Labute approximate surface area is 199 Å². The number of rotatable bonds is 5. The molecule has 1 aliphatic heterocycles. The van der Waals surface area contributed by atoms with Crippen molar-refractivity contribution in [1.82, 2.24) is 4.98 Å². The predicted molar refractivity (Wildman–Crippen MR) is 115 cm³/mol. The van der Waals surface area contributed by atoms with Crippen molar-refractivity contribution in [3.05, 3.63) is 74.8 Å². The number of hydrogen-bond donors (Lipinski definition) is 0. The summed E-state index contributed by atoms with van der Waals surface area (Å²) in [5, 5.41) is 1.24. The average Bonchev–Trinajstić information content (AvgIpc) is 3.24. The highest BCUT2D eigenvalue weighted by Gasteiger charge is 2.39. The van der Waals surface area contributed by atoms with Crippen molar-refractivity contribution >= 4 is 37.9 Å². The molecule has 0 atom stereocenters. The van der Waals surface area contributed by atoms with Gasteiger partial charge in [0.15, 0.2) is 38.2 Å². The van der Waals surface area contributed by atoms with E-state index in [1.807, 2.05) is 0 Å². The van der Waals surface area contributed by atoms with Crippen LogP contribution in [0.1, 0.15) is 24.1 Å². The molecule has 0 N–H and O–H groups in total. The molecule has 2 aromatic carbocycles. The molecule has 0 aliphatic carbocycles. The van der Waals surface area contributed by atoms with E-state index in [9.17, 15) is 34.8 Å². The van der Waals surface area contributed by atoms with Gasteiger partial charge in [0.1, 0.15) is 10.7 Å². The number of benzene rings is 2. The molecule has 1 aromatic heterocycles. The molecule has 4 rings (SSSR count). The highest BCUT2D eigenvalue weighted by molar-refractivity contribution is 7.92. The molecule has 0 radical (unpaired) electrons. The van der Waals surface area contributed by atoms with Crippen molar-refractivity contribution in [2.75, 3.05) is 18.0 Å². The average molecular weight is 541 g/mol. The number of hydrogen-bond acceptors (Lipinski definition) is 5. The van der Waals surface area contributed by atoms with Crippen molar-refractivity contribution in [1.29, 1.82) is 0 Å². The SMILES string of the molecule is O=S(=O)(c1c(F)c(F)c(F)c(F)c1F)C1CCN(c2nc(Cc3cc(F)cc(Cl)c3)cs2)CC1. The maximum absolute atomic E-state index is 14.1. The lowest BCUT2D eigenvalue weighted by atomic mass is 10.1. The second-order valence-electron chi connectivity index (χ2n) is 7.71. The van der Waals surface area contributed by atoms with Gasteiger partial charge in [0.2, 0.25) is 5.82 Å². The first-order valence-corrected chi connectivity index (χ1v) is 12.7. The van der Waals surface area contributed by atoms with Gasteiger partial charge >= 0.3 is 0 Å². The van der Waals surface area contributed by atoms with Crippen LogP contribution in [0.3, 0.4) is 0 Å². The number of aromatic nitrogens is 1. The minimum Gasteiger partial charge on any atom is -0.348 e. The molecule has 13 heteroatoms. The number of anilines is 1. The van der Waals surface area contributed by atoms with Crippen LogP contribution in [-0.2, 0) is 16.3 Å². The van der Waals surface area contributed by atoms with Crippen LogP contribution in [0.15, 0.2) is 28.5 Å². The summed E-state index contributed by atoms with van der Waals surface area (Å²) >= 11 is 7.14. The second-order valence-corrected chi connectivity index (χ2v) is 11.1. The molecule has 182 valence electrons. The zero-order valence-electron chi connectivity index (χ0n) is 17.1. The summed E-state index contributed by atoms with van der Waals surface area (Å²) in [6, 6.07) is 4.13. The summed E-state index contributed by atoms with van der Waals surface area (Å²) in [5.74, 6) is -12.2. The van der Waals surface area contributed by atoms with Crippen LogP contribution in [0.4, 0.5) is 31.5 Å². The summed E-state index contributed by atoms with van der Waals surface area (Å²) < 4.78 is 107. The number of piperidine rings is 1. The van der Waals surface area contributed by atoms with Crippen molar-refractivity contribution < 1.29 is 34.8 Å². The van der Waals surface area contributed by atoms with Gasteiger partial charge in [0.25, 0.3) is 0 Å². The second kappa shape index (κ2) is 9.38. The molecule has 0 unspecified atom stereocenters. The topological polar surface area (TPSA) is 50.3 Å². The first-order chi connectivity index (χ1) is 16.0. The largest absolute Gasteiger partial charge is 0.348 e. The van der Waals surface area contributed by atoms with E-state index < -0.39 is 54.9 Å². The standard InChI is InChI=1S/C21H15ClF6N2O2S2/c22-11-5-10(6-12(23)8-11)7-13-9-33-21(29-13)30-3-1-14(2-4-30)34(31,32)20-18(27)16(25)15(24)17(26)19(20)28/h5-6,8-9,14H,1-4,7H2. The van der Waals surface area contributed by atoms with Crippen LogP contribution < -0.4 is 4.90 Å². The summed E-state index contributed by atoms with van der Waals surface area (Å²) in [6.45, 7) is 0.274. The van der Waals surface area contributed by atoms with Gasteiger partial charge in [-0.15, -0.1) is 11.3 Å². The summed E-state index contributed by atoms with van der Waals surface area (Å²) in [6.07, 6.45) is 0.117. The summed E-state index contributed by atoms with van der Waals surface area (Å²) in [4.78, 5) is 4.43. The Morgan fingerprint density at radius 1 is 0.941 bits per heavy atom. The van der Waals surface area contributed by atoms with Crippen LogP contribution >= 0.6 is 22.9 Å². The van der Waals surface area contributed by atoms with Crippen LogP contribution in [0.25, 0.3) is 0 Å². The highest BCUT2D eigenvalue weighted by atomic mass is 35.5. The molecule has 0 saturated carbocycles. The van der Waals surface area contributed by atoms with Crippen molar-refractivity contribution in [2.45, 2.75) is 29.4 Å². The quantitative estimate of drug-likeness (QED) is 0.181. The van der Waals surface area contributed by atoms with E-state index in [0.717, 1.165) is 0 Å². The third-order valence-electron chi connectivity index (χ3n) is 5.45. The van der Waals surface area contributed by atoms with Crippen molar-refractivity contribution in [2.24, 2.45) is 0 Å². The van der Waals surface area contributed by atoms with Crippen LogP contribution in [0, 0.1) is 34.9 Å². The van der Waals surface area contributed by atoms with E-state index in [2.05, 4.69) is 4.98 Å². The normalized spacial score (nSPS) is 15.2. The van der Waals surface area contributed by atoms with Gasteiger partial charge < -0.3 is 4.90 Å². The molecule has 4 nitrogen and oxygen atoms in total. The van der Waals surface area contributed by atoms with E-state index >= 15 is 0 Å². The van der Waals surface area contributed by atoms with Gasteiger partial charge in [-0.1, -0.05) is 11.6 Å². The van der Waals surface area contributed by atoms with E-state index in [1.165, 1.54) is 23.5 Å². The molecular weight excluding hydrogens is 526 g/mol. The monoisotopic (exact) mass is 540 g/mol. The minimum absolute atomic E-state index is 0.101. The van der Waals surface area contributed by atoms with Gasteiger partial charge in [-0.05, 0) is 36.6 Å². The zero-order chi connectivity index (χ0) is 24.8. The molecule has 34 heavy (non-hydrogen) atoms. The Kier molecular flexibility index (Phi) is 6.85. The lowest BCUT2D eigenvalue weighted by Gasteiger charge is -2.31. The third kappa shape index (κ3) is 4.63. The molecule has 1 saturated heterocycles. The van der Waals surface area contributed by atoms with Gasteiger partial charge in [-0.25, -0.2) is 39.7 Å². The molecule has 1 aliphatic rings. The first-order valence-electron chi connectivity index (χ1n) is 9.88. The maximum Gasteiger partial charge on any atom is 0.200 e. The van der Waals surface area contributed by atoms with Crippen LogP contribution in [-0.4, -0.2) is 31.7 Å². The Bertz CT molecular complexity index is 1310. The summed E-state index contributed by atoms with van der Waals surface area (Å²) in [5.41, 5.74) is 1.26. The molecule has 3 aromatic rings. The van der Waals surface area contributed by atoms with E-state index in [1.54, 1.807) is 16.3 Å². The van der Waals surface area contributed by atoms with Crippen molar-refractivity contribution in [3.63, 3.8) is 0 Å². The minimum atomic E-state index is -4.82. The molecule has 1 fully saturated rings. The number of sulfone groups is 1. The lowest BCUT2D eigenvalue weighted by molar-refractivity contribution is 0.356. The zero-order valence-corrected chi connectivity index (χ0v) is 19.5.